The molecule has 0 aliphatic carbocycles. The number of ether oxygens (including phenoxy) is 2. The minimum atomic E-state index is -4.92. The van der Waals surface area contributed by atoms with Gasteiger partial charge < -0.3 is 24.5 Å². The van der Waals surface area contributed by atoms with Crippen LogP contribution < -0.4 is 10.8 Å². The molecule has 3 rings (SSSR count). The normalized spacial score (nSPS) is 18.5. The summed E-state index contributed by atoms with van der Waals surface area (Å²) in [6.45, 7) is 3.88. The maximum absolute atomic E-state index is 12.6. The number of benzene rings is 1. The molecular formula is C27H35F6N5O5. The van der Waals surface area contributed by atoms with Gasteiger partial charge in [-0.15, -0.1) is 0 Å². The minimum absolute atomic E-state index is 0.0279. The summed E-state index contributed by atoms with van der Waals surface area (Å²) in [4.78, 5) is 34.6. The van der Waals surface area contributed by atoms with E-state index in [1.54, 1.807) is 7.11 Å². The van der Waals surface area contributed by atoms with Crippen molar-refractivity contribution in [1.29, 1.82) is 0 Å². The monoisotopic (exact) mass is 623 g/mol. The zero-order chi connectivity index (χ0) is 32.4. The third-order valence-corrected chi connectivity index (χ3v) is 6.54. The topological polar surface area (TPSA) is 105 Å². The molecule has 1 saturated heterocycles. The highest BCUT2D eigenvalue weighted by Crippen LogP contribution is 2.37. The van der Waals surface area contributed by atoms with Gasteiger partial charge in [-0.1, -0.05) is 6.92 Å². The smallest absolute Gasteiger partial charge is 0.431 e. The Morgan fingerprint density at radius 1 is 1.05 bits per heavy atom. The lowest BCUT2D eigenvalue weighted by molar-refractivity contribution is -0.143. The van der Waals surface area contributed by atoms with E-state index in [1.807, 2.05) is 36.5 Å². The van der Waals surface area contributed by atoms with Gasteiger partial charge in [0.25, 0.3) is 0 Å². The number of hydrogen-bond donors (Lipinski definition) is 2. The van der Waals surface area contributed by atoms with E-state index in [0.717, 1.165) is 37.2 Å². The fourth-order valence-electron chi connectivity index (χ4n) is 4.49. The number of fused-ring (bicyclic) bond motifs is 1. The highest BCUT2D eigenvalue weighted by molar-refractivity contribution is 5.71. The third-order valence-electron chi connectivity index (χ3n) is 6.54. The SMILES string of the molecule is CCOC(=O)N1C2=CC=C(OC)N(C)C2CC[C@H]1CC.CNC(=O)ONC=NCc1cc(C(F)(F)F)cc(C(F)(F)F)c1. The number of likely N-dealkylation sites (N-methyl/N-ethyl adjacent to an activating group) is 1. The summed E-state index contributed by atoms with van der Waals surface area (Å²) in [6, 6.07) is 1.56. The van der Waals surface area contributed by atoms with Crippen molar-refractivity contribution < 1.29 is 50.2 Å². The van der Waals surface area contributed by atoms with Gasteiger partial charge in [-0.05, 0) is 62.1 Å². The number of piperidine rings is 1. The largest absolute Gasteiger partial charge is 0.482 e. The number of aliphatic imine (C=N–C) groups is 1. The van der Waals surface area contributed by atoms with Crippen LogP contribution in [0.25, 0.3) is 0 Å². The summed E-state index contributed by atoms with van der Waals surface area (Å²) in [5.41, 5.74) is -0.183. The molecule has 0 saturated carbocycles. The zero-order valence-corrected chi connectivity index (χ0v) is 24.3. The van der Waals surface area contributed by atoms with E-state index in [0.29, 0.717) is 18.7 Å². The number of carbonyl (C=O) groups excluding carboxylic acids is 2. The fourth-order valence-corrected chi connectivity index (χ4v) is 4.49. The Morgan fingerprint density at radius 2 is 1.67 bits per heavy atom. The second-order valence-electron chi connectivity index (χ2n) is 9.28. The summed E-state index contributed by atoms with van der Waals surface area (Å²) in [5, 5.41) is 2.09. The number of carbonyl (C=O) groups is 2. The second-order valence-corrected chi connectivity index (χ2v) is 9.28. The van der Waals surface area contributed by atoms with Crippen molar-refractivity contribution in [1.82, 2.24) is 20.6 Å². The number of allylic oxidation sites excluding steroid dienone is 2. The van der Waals surface area contributed by atoms with Gasteiger partial charge in [0.2, 0.25) is 0 Å². The molecule has 2 aliphatic heterocycles. The third kappa shape index (κ3) is 9.71. The van der Waals surface area contributed by atoms with Gasteiger partial charge in [0.15, 0.2) is 5.88 Å². The molecule has 10 nitrogen and oxygen atoms in total. The van der Waals surface area contributed by atoms with Crippen molar-refractivity contribution in [2.75, 3.05) is 27.8 Å². The van der Waals surface area contributed by atoms with Gasteiger partial charge in [-0.25, -0.2) is 15.1 Å². The molecule has 1 unspecified atom stereocenters. The predicted molar refractivity (Wildman–Crippen MR) is 144 cm³/mol. The molecule has 240 valence electrons. The van der Waals surface area contributed by atoms with E-state index in [1.165, 1.54) is 7.05 Å². The Kier molecular flexibility index (Phi) is 12.6. The van der Waals surface area contributed by atoms with Crippen LogP contribution in [0.2, 0.25) is 0 Å². The van der Waals surface area contributed by atoms with Crippen LogP contribution in [0.5, 0.6) is 0 Å². The number of halogens is 6. The first-order valence-corrected chi connectivity index (χ1v) is 13.2. The lowest BCUT2D eigenvalue weighted by Gasteiger charge is -2.45. The number of hydroxylamine groups is 1. The molecule has 1 aromatic carbocycles. The van der Waals surface area contributed by atoms with Crippen molar-refractivity contribution in [3.63, 3.8) is 0 Å². The van der Waals surface area contributed by atoms with Crippen LogP contribution >= 0.6 is 0 Å². The fraction of sp³-hybridized carbons (Fsp3) is 0.519. The van der Waals surface area contributed by atoms with Crippen LogP contribution in [0, 0.1) is 0 Å². The lowest BCUT2D eigenvalue weighted by Crippen LogP contribution is -2.52. The summed E-state index contributed by atoms with van der Waals surface area (Å²) in [5.74, 6) is 0.831. The standard InChI is InChI=1S/C15H24N2O3.C12H11F6N3O2/c1-5-11-7-8-12-13(17(11)15(18)20-6-2)9-10-14(19-4)16(12)3;1-19-10(22)23-21-6-20-5-7-2-8(11(13,14)15)4-9(3-7)12(16,17)18/h9-12H,5-8H2,1-4H3;2-4,6H,5H2,1H3,(H,19,22)(H,20,21)/t11-,12?;/m1./s1. The van der Waals surface area contributed by atoms with Crippen molar-refractivity contribution in [2.24, 2.45) is 4.99 Å². The van der Waals surface area contributed by atoms with Crippen molar-refractivity contribution in [2.45, 2.75) is 64.1 Å². The number of methoxy groups -OCH3 is 1. The highest BCUT2D eigenvalue weighted by Gasteiger charge is 2.40. The molecule has 2 heterocycles. The number of alkyl halides is 6. The molecule has 2 amide bonds. The van der Waals surface area contributed by atoms with Crippen LogP contribution in [0.3, 0.4) is 0 Å². The van der Waals surface area contributed by atoms with Gasteiger partial charge in [-0.2, -0.15) is 26.3 Å². The predicted octanol–water partition coefficient (Wildman–Crippen LogP) is 5.82. The maximum Gasteiger partial charge on any atom is 0.431 e. The Labute approximate surface area is 245 Å². The molecule has 2 aliphatic rings. The molecule has 2 atom stereocenters. The molecule has 43 heavy (non-hydrogen) atoms. The first-order valence-electron chi connectivity index (χ1n) is 13.2. The number of nitrogens with zero attached hydrogens (tertiary/aromatic N) is 3. The van der Waals surface area contributed by atoms with Crippen LogP contribution in [0.15, 0.2) is 46.9 Å². The molecule has 0 radical (unpaired) electrons. The summed E-state index contributed by atoms with van der Waals surface area (Å²) in [7, 11) is 4.95. The molecule has 2 N–H and O–H groups in total. The zero-order valence-electron chi connectivity index (χ0n) is 24.3. The Morgan fingerprint density at radius 3 is 2.19 bits per heavy atom. The second kappa shape index (κ2) is 15.4. The molecular weight excluding hydrogens is 588 g/mol. The molecule has 0 spiro atoms. The van der Waals surface area contributed by atoms with Gasteiger partial charge in [0.05, 0.1) is 37.4 Å². The maximum atomic E-state index is 12.6. The van der Waals surface area contributed by atoms with E-state index < -0.39 is 36.1 Å². The average Bonchev–Trinajstić information content (AvgIpc) is 2.95. The van der Waals surface area contributed by atoms with Gasteiger partial charge >= 0.3 is 24.5 Å². The number of rotatable bonds is 7. The highest BCUT2D eigenvalue weighted by atomic mass is 19.4. The number of nitrogens with one attached hydrogen (secondary N) is 2. The summed E-state index contributed by atoms with van der Waals surface area (Å²) >= 11 is 0. The Balaban J connectivity index is 0.000000303. The quantitative estimate of drug-likeness (QED) is 0.171. The lowest BCUT2D eigenvalue weighted by atomic mass is 9.91. The van der Waals surface area contributed by atoms with E-state index in [-0.39, 0.29) is 29.8 Å². The van der Waals surface area contributed by atoms with Crippen LogP contribution in [0.1, 0.15) is 49.8 Å². The van der Waals surface area contributed by atoms with E-state index in [9.17, 15) is 35.9 Å². The first kappa shape index (κ1) is 35.1. The van der Waals surface area contributed by atoms with E-state index in [4.69, 9.17) is 9.47 Å². The first-order chi connectivity index (χ1) is 20.2. The Hall–Kier alpha value is -4.11. The number of likely N-dealkylation sites (tertiary alicyclic amines) is 1. The molecule has 1 aromatic rings. The van der Waals surface area contributed by atoms with E-state index >= 15 is 0 Å². The molecule has 1 fully saturated rings. The van der Waals surface area contributed by atoms with Crippen molar-refractivity contribution in [3.05, 3.63) is 58.6 Å². The average molecular weight is 624 g/mol. The van der Waals surface area contributed by atoms with Gasteiger partial charge in [0.1, 0.15) is 6.34 Å². The van der Waals surface area contributed by atoms with Crippen LogP contribution in [-0.4, -0.2) is 68.2 Å². The number of amides is 2. The number of hydrogen-bond acceptors (Lipinski definition) is 7. The minimum Gasteiger partial charge on any atom is -0.482 e. The summed E-state index contributed by atoms with van der Waals surface area (Å²) in [6.07, 6.45) is -3.25. The van der Waals surface area contributed by atoms with Crippen molar-refractivity contribution >= 4 is 18.5 Å². The van der Waals surface area contributed by atoms with Crippen LogP contribution in [0.4, 0.5) is 35.9 Å². The van der Waals surface area contributed by atoms with E-state index in [2.05, 4.69) is 27.0 Å². The summed E-state index contributed by atoms with van der Waals surface area (Å²) < 4.78 is 86.3. The molecule has 0 bridgehead atoms. The van der Waals surface area contributed by atoms with Crippen molar-refractivity contribution in [3.8, 4) is 0 Å². The Bertz CT molecular complexity index is 1170. The molecule has 0 aromatic heterocycles. The van der Waals surface area contributed by atoms with Gasteiger partial charge in [-0.3, -0.25) is 9.89 Å². The molecule has 16 heteroatoms. The van der Waals surface area contributed by atoms with Gasteiger partial charge in [0, 0.05) is 25.8 Å². The van der Waals surface area contributed by atoms with Crippen LogP contribution in [-0.2, 0) is 33.2 Å².